The molecule has 0 fully saturated rings. The number of anilines is 1. The number of thiophene rings is 1. The Morgan fingerprint density at radius 2 is 2.00 bits per heavy atom. The van der Waals surface area contributed by atoms with Crippen LogP contribution < -0.4 is 5.32 Å². The van der Waals surface area contributed by atoms with Gasteiger partial charge < -0.3 is 10.2 Å². The standard InChI is InChI=1S/C17H22N2OS/c1-3-11-18-15-8-6-14(7-9-15)17(20)19(2)12-10-16-5-4-13-21-16/h4-9,13,18H,3,10-12H2,1-2H3. The van der Waals surface area contributed by atoms with Crippen LogP contribution in [0.1, 0.15) is 28.6 Å². The molecular formula is C17H22N2OS. The van der Waals surface area contributed by atoms with Crippen LogP contribution in [0.2, 0.25) is 0 Å². The van der Waals surface area contributed by atoms with Gasteiger partial charge in [-0.15, -0.1) is 11.3 Å². The molecule has 4 heteroatoms. The molecule has 2 aromatic rings. The van der Waals surface area contributed by atoms with Crippen LogP contribution in [0.4, 0.5) is 5.69 Å². The average molecular weight is 302 g/mol. The summed E-state index contributed by atoms with van der Waals surface area (Å²) in [5, 5.41) is 5.38. The van der Waals surface area contributed by atoms with E-state index in [4.69, 9.17) is 0 Å². The highest BCUT2D eigenvalue weighted by Crippen LogP contribution is 2.13. The van der Waals surface area contributed by atoms with Gasteiger partial charge in [0, 0.05) is 36.3 Å². The Labute approximate surface area is 130 Å². The second-order valence-electron chi connectivity index (χ2n) is 5.06. The number of carbonyl (C=O) groups is 1. The summed E-state index contributed by atoms with van der Waals surface area (Å²) in [5.41, 5.74) is 1.81. The van der Waals surface area contributed by atoms with Crippen LogP contribution in [0.5, 0.6) is 0 Å². The molecule has 0 saturated carbocycles. The normalized spacial score (nSPS) is 10.4. The number of hydrogen-bond donors (Lipinski definition) is 1. The quantitative estimate of drug-likeness (QED) is 0.841. The molecule has 0 unspecified atom stereocenters. The van der Waals surface area contributed by atoms with Crippen molar-refractivity contribution in [1.82, 2.24) is 4.90 Å². The number of hydrogen-bond acceptors (Lipinski definition) is 3. The monoisotopic (exact) mass is 302 g/mol. The number of carbonyl (C=O) groups excluding carboxylic acids is 1. The van der Waals surface area contributed by atoms with Gasteiger partial charge in [0.05, 0.1) is 0 Å². The van der Waals surface area contributed by atoms with Gasteiger partial charge in [-0.25, -0.2) is 0 Å². The van der Waals surface area contributed by atoms with E-state index in [1.54, 1.807) is 16.2 Å². The van der Waals surface area contributed by atoms with E-state index < -0.39 is 0 Å². The number of likely N-dealkylation sites (N-methyl/N-ethyl adjacent to an activating group) is 1. The summed E-state index contributed by atoms with van der Waals surface area (Å²) in [6, 6.07) is 11.9. The second-order valence-corrected chi connectivity index (χ2v) is 6.09. The fourth-order valence-electron chi connectivity index (χ4n) is 2.05. The topological polar surface area (TPSA) is 32.3 Å². The summed E-state index contributed by atoms with van der Waals surface area (Å²) < 4.78 is 0. The van der Waals surface area contributed by atoms with Gasteiger partial charge >= 0.3 is 0 Å². The highest BCUT2D eigenvalue weighted by atomic mass is 32.1. The minimum absolute atomic E-state index is 0.0774. The summed E-state index contributed by atoms with van der Waals surface area (Å²) >= 11 is 1.74. The largest absolute Gasteiger partial charge is 0.385 e. The predicted octanol–water partition coefficient (Wildman–Crippen LogP) is 3.88. The number of benzene rings is 1. The minimum atomic E-state index is 0.0774. The Hall–Kier alpha value is -1.81. The van der Waals surface area contributed by atoms with Gasteiger partial charge in [0.15, 0.2) is 0 Å². The van der Waals surface area contributed by atoms with Gasteiger partial charge in [0.2, 0.25) is 0 Å². The Bertz CT molecular complexity index is 549. The summed E-state index contributed by atoms with van der Waals surface area (Å²) in [5.74, 6) is 0.0774. The van der Waals surface area contributed by atoms with Gasteiger partial charge in [-0.2, -0.15) is 0 Å². The molecule has 1 N–H and O–H groups in total. The highest BCUT2D eigenvalue weighted by Gasteiger charge is 2.11. The van der Waals surface area contributed by atoms with E-state index in [-0.39, 0.29) is 5.91 Å². The second kappa shape index (κ2) is 7.84. The first-order valence-corrected chi connectivity index (χ1v) is 8.20. The smallest absolute Gasteiger partial charge is 0.253 e. The van der Waals surface area contributed by atoms with Crippen LogP contribution in [-0.2, 0) is 6.42 Å². The lowest BCUT2D eigenvalue weighted by Gasteiger charge is -2.17. The SMILES string of the molecule is CCCNc1ccc(C(=O)N(C)CCc2cccs2)cc1. The maximum Gasteiger partial charge on any atom is 0.253 e. The number of rotatable bonds is 7. The van der Waals surface area contributed by atoms with Crippen molar-refractivity contribution in [2.24, 2.45) is 0 Å². The highest BCUT2D eigenvalue weighted by molar-refractivity contribution is 7.09. The molecule has 0 spiro atoms. The molecule has 0 saturated heterocycles. The molecule has 0 aliphatic rings. The Kier molecular flexibility index (Phi) is 5.81. The lowest BCUT2D eigenvalue weighted by Crippen LogP contribution is -2.28. The van der Waals surface area contributed by atoms with E-state index in [1.165, 1.54) is 4.88 Å². The third kappa shape index (κ3) is 4.60. The van der Waals surface area contributed by atoms with Crippen molar-refractivity contribution >= 4 is 22.9 Å². The van der Waals surface area contributed by atoms with Crippen LogP contribution in [0, 0.1) is 0 Å². The first-order chi connectivity index (χ1) is 10.2. The first kappa shape index (κ1) is 15.6. The van der Waals surface area contributed by atoms with Crippen molar-refractivity contribution in [2.75, 3.05) is 25.5 Å². The van der Waals surface area contributed by atoms with Gasteiger partial charge in [-0.05, 0) is 48.6 Å². The first-order valence-electron chi connectivity index (χ1n) is 7.32. The van der Waals surface area contributed by atoms with E-state index in [2.05, 4.69) is 23.7 Å². The van der Waals surface area contributed by atoms with Crippen molar-refractivity contribution in [3.63, 3.8) is 0 Å². The van der Waals surface area contributed by atoms with Crippen LogP contribution in [0.3, 0.4) is 0 Å². The zero-order valence-electron chi connectivity index (χ0n) is 12.6. The van der Waals surface area contributed by atoms with Gasteiger partial charge in [-0.1, -0.05) is 13.0 Å². The average Bonchev–Trinajstić information content (AvgIpc) is 3.04. The molecule has 1 aromatic heterocycles. The van der Waals surface area contributed by atoms with Crippen molar-refractivity contribution in [2.45, 2.75) is 19.8 Å². The van der Waals surface area contributed by atoms with E-state index in [0.29, 0.717) is 0 Å². The molecule has 3 nitrogen and oxygen atoms in total. The van der Waals surface area contributed by atoms with Gasteiger partial charge in [0.25, 0.3) is 5.91 Å². The summed E-state index contributed by atoms with van der Waals surface area (Å²) in [6.07, 6.45) is 2.00. The fourth-order valence-corrected chi connectivity index (χ4v) is 2.75. The lowest BCUT2D eigenvalue weighted by molar-refractivity contribution is 0.0797. The minimum Gasteiger partial charge on any atom is -0.385 e. The summed E-state index contributed by atoms with van der Waals surface area (Å²) in [7, 11) is 1.86. The molecule has 1 heterocycles. The molecule has 1 amide bonds. The van der Waals surface area contributed by atoms with Crippen molar-refractivity contribution in [3.05, 3.63) is 52.2 Å². The van der Waals surface area contributed by atoms with Crippen LogP contribution in [0.25, 0.3) is 0 Å². The summed E-state index contributed by atoms with van der Waals surface area (Å²) in [4.78, 5) is 15.4. The van der Waals surface area contributed by atoms with Crippen molar-refractivity contribution in [1.29, 1.82) is 0 Å². The molecule has 0 radical (unpaired) electrons. The van der Waals surface area contributed by atoms with Crippen LogP contribution in [0.15, 0.2) is 41.8 Å². The molecule has 21 heavy (non-hydrogen) atoms. The molecule has 0 bridgehead atoms. The predicted molar refractivity (Wildman–Crippen MR) is 90.2 cm³/mol. The third-order valence-corrected chi connectivity index (χ3v) is 4.27. The molecule has 0 aliphatic heterocycles. The van der Waals surface area contributed by atoms with Gasteiger partial charge in [0.1, 0.15) is 0 Å². The molecule has 0 atom stereocenters. The number of amides is 1. The maximum absolute atomic E-state index is 12.3. The molecule has 1 aromatic carbocycles. The van der Waals surface area contributed by atoms with E-state index in [1.807, 2.05) is 37.4 Å². The molecular weight excluding hydrogens is 280 g/mol. The Balaban J connectivity index is 1.89. The van der Waals surface area contributed by atoms with Gasteiger partial charge in [-0.3, -0.25) is 4.79 Å². The molecule has 0 aliphatic carbocycles. The number of nitrogens with zero attached hydrogens (tertiary/aromatic N) is 1. The van der Waals surface area contributed by atoms with Crippen molar-refractivity contribution in [3.8, 4) is 0 Å². The Morgan fingerprint density at radius 1 is 1.24 bits per heavy atom. The molecule has 112 valence electrons. The maximum atomic E-state index is 12.3. The Morgan fingerprint density at radius 3 is 2.62 bits per heavy atom. The fraction of sp³-hybridized carbons (Fsp3) is 0.353. The van der Waals surface area contributed by atoms with E-state index in [0.717, 1.165) is 37.2 Å². The van der Waals surface area contributed by atoms with Crippen LogP contribution in [-0.4, -0.2) is 30.9 Å². The zero-order valence-corrected chi connectivity index (χ0v) is 13.5. The van der Waals surface area contributed by atoms with Crippen LogP contribution >= 0.6 is 11.3 Å². The van der Waals surface area contributed by atoms with E-state index in [9.17, 15) is 4.79 Å². The lowest BCUT2D eigenvalue weighted by atomic mass is 10.1. The van der Waals surface area contributed by atoms with E-state index >= 15 is 0 Å². The summed E-state index contributed by atoms with van der Waals surface area (Å²) in [6.45, 7) is 3.83. The number of nitrogens with one attached hydrogen (secondary N) is 1. The molecule has 2 rings (SSSR count). The van der Waals surface area contributed by atoms with Crippen molar-refractivity contribution < 1.29 is 4.79 Å². The zero-order chi connectivity index (χ0) is 15.1. The third-order valence-electron chi connectivity index (χ3n) is 3.33.